The Morgan fingerprint density at radius 1 is 0.423 bits per heavy atom. The van der Waals surface area contributed by atoms with E-state index in [0.29, 0.717) is 5.56 Å². The molecule has 0 saturated carbocycles. The van der Waals surface area contributed by atoms with Gasteiger partial charge in [-0.3, -0.25) is 0 Å². The number of benzene rings is 4. The van der Waals surface area contributed by atoms with E-state index in [0.717, 1.165) is 22.3 Å². The Morgan fingerprint density at radius 3 is 1.27 bits per heavy atom. The third kappa shape index (κ3) is 3.27. The Morgan fingerprint density at radius 2 is 0.808 bits per heavy atom. The van der Waals surface area contributed by atoms with Crippen LogP contribution < -0.4 is 0 Å². The molecule has 0 aliphatic carbocycles. The van der Waals surface area contributed by atoms with Crippen molar-refractivity contribution in [3.63, 3.8) is 0 Å². The van der Waals surface area contributed by atoms with Crippen LogP contribution in [-0.2, 0) is 0 Å². The van der Waals surface area contributed by atoms with Crippen LogP contribution in [-0.4, -0.2) is 0 Å². The van der Waals surface area contributed by atoms with E-state index in [1.165, 1.54) is 11.1 Å². The molecule has 0 radical (unpaired) electrons. The summed E-state index contributed by atoms with van der Waals surface area (Å²) in [6.45, 7) is 0. The van der Waals surface area contributed by atoms with E-state index in [2.05, 4.69) is 60.7 Å². The zero-order valence-corrected chi connectivity index (χ0v) is 14.3. The maximum absolute atomic E-state index is 9.42. The summed E-state index contributed by atoms with van der Waals surface area (Å²) in [6, 6.07) is 37.3. The number of hydrogen-bond donors (Lipinski definition) is 0. The van der Waals surface area contributed by atoms with Gasteiger partial charge >= 0.3 is 0 Å². The third-order valence-electron chi connectivity index (χ3n) is 4.49. The first-order chi connectivity index (χ1) is 12.8. The second kappa shape index (κ2) is 7.09. The second-order valence-electron chi connectivity index (χ2n) is 6.22. The van der Waals surface area contributed by atoms with Gasteiger partial charge in [0.25, 0.3) is 0 Å². The first-order valence-corrected chi connectivity index (χ1v) is 8.60. The molecular weight excluding hydrogens is 314 g/mol. The maximum Gasteiger partial charge on any atom is 0.0992 e. The minimum Gasteiger partial charge on any atom is -0.192 e. The topological polar surface area (TPSA) is 23.8 Å². The number of nitriles is 1. The SMILES string of the molecule is N#Cc1cc(-c2ccccc2)cc(-c2ccc(-c3ccccc3)cc2)c1. The lowest BCUT2D eigenvalue weighted by atomic mass is 9.95. The Kier molecular flexibility index (Phi) is 4.33. The molecule has 122 valence electrons. The van der Waals surface area contributed by atoms with Crippen LogP contribution >= 0.6 is 0 Å². The molecule has 4 rings (SSSR count). The van der Waals surface area contributed by atoms with Gasteiger partial charge in [0.1, 0.15) is 0 Å². The molecule has 0 bridgehead atoms. The highest BCUT2D eigenvalue weighted by Gasteiger charge is 2.06. The fraction of sp³-hybridized carbons (Fsp3) is 0. The van der Waals surface area contributed by atoms with Gasteiger partial charge in [-0.25, -0.2) is 0 Å². The van der Waals surface area contributed by atoms with Crippen LogP contribution in [0, 0.1) is 11.3 Å². The average molecular weight is 331 g/mol. The molecule has 0 N–H and O–H groups in total. The van der Waals surface area contributed by atoms with Gasteiger partial charge < -0.3 is 0 Å². The minimum absolute atomic E-state index is 0.675. The van der Waals surface area contributed by atoms with Crippen molar-refractivity contribution in [2.24, 2.45) is 0 Å². The first kappa shape index (κ1) is 15.9. The molecule has 0 aliphatic rings. The summed E-state index contributed by atoms with van der Waals surface area (Å²) < 4.78 is 0. The van der Waals surface area contributed by atoms with Gasteiger partial charge in [-0.05, 0) is 51.6 Å². The summed E-state index contributed by atoms with van der Waals surface area (Å²) in [5.41, 5.74) is 7.41. The standard InChI is InChI=1S/C25H17N/c26-18-19-15-24(21-9-5-2-6-10-21)17-25(16-19)23-13-11-22(12-14-23)20-7-3-1-4-8-20/h1-17H. The Labute approximate surface area is 153 Å². The van der Waals surface area contributed by atoms with Crippen molar-refractivity contribution in [3.05, 3.63) is 109 Å². The van der Waals surface area contributed by atoms with E-state index in [4.69, 9.17) is 0 Å². The van der Waals surface area contributed by atoms with Gasteiger partial charge in [-0.2, -0.15) is 5.26 Å². The van der Waals surface area contributed by atoms with Crippen molar-refractivity contribution in [1.82, 2.24) is 0 Å². The van der Waals surface area contributed by atoms with Crippen LogP contribution in [0.25, 0.3) is 33.4 Å². The fourth-order valence-electron chi connectivity index (χ4n) is 3.14. The van der Waals surface area contributed by atoms with Gasteiger partial charge in [0.2, 0.25) is 0 Å². The van der Waals surface area contributed by atoms with Crippen LogP contribution in [0.5, 0.6) is 0 Å². The summed E-state index contributed by atoms with van der Waals surface area (Å²) in [5, 5.41) is 9.42. The number of rotatable bonds is 3. The Bertz CT molecular complexity index is 1060. The maximum atomic E-state index is 9.42. The van der Waals surface area contributed by atoms with E-state index in [1.807, 2.05) is 48.5 Å². The van der Waals surface area contributed by atoms with Crippen LogP contribution in [0.4, 0.5) is 0 Å². The average Bonchev–Trinajstić information content (AvgIpc) is 2.75. The van der Waals surface area contributed by atoms with Crippen LogP contribution in [0.3, 0.4) is 0 Å². The highest BCUT2D eigenvalue weighted by Crippen LogP contribution is 2.29. The molecule has 0 aromatic heterocycles. The van der Waals surface area contributed by atoms with Gasteiger partial charge in [0, 0.05) is 0 Å². The largest absolute Gasteiger partial charge is 0.192 e. The van der Waals surface area contributed by atoms with Crippen molar-refractivity contribution in [1.29, 1.82) is 5.26 Å². The molecule has 0 heterocycles. The normalized spacial score (nSPS) is 10.3. The highest BCUT2D eigenvalue weighted by atomic mass is 14.2. The van der Waals surface area contributed by atoms with E-state index < -0.39 is 0 Å². The minimum atomic E-state index is 0.675. The van der Waals surface area contributed by atoms with E-state index in [-0.39, 0.29) is 0 Å². The molecular formula is C25H17N. The highest BCUT2D eigenvalue weighted by molar-refractivity contribution is 5.76. The summed E-state index contributed by atoms with van der Waals surface area (Å²) in [4.78, 5) is 0. The van der Waals surface area contributed by atoms with E-state index in [1.54, 1.807) is 0 Å². The van der Waals surface area contributed by atoms with Crippen LogP contribution in [0.1, 0.15) is 5.56 Å². The third-order valence-corrected chi connectivity index (χ3v) is 4.49. The lowest BCUT2D eigenvalue weighted by Crippen LogP contribution is -1.86. The molecule has 0 atom stereocenters. The van der Waals surface area contributed by atoms with Crippen LogP contribution in [0.2, 0.25) is 0 Å². The van der Waals surface area contributed by atoms with Crippen molar-refractivity contribution in [2.45, 2.75) is 0 Å². The first-order valence-electron chi connectivity index (χ1n) is 8.60. The molecule has 0 amide bonds. The number of nitrogens with zero attached hydrogens (tertiary/aromatic N) is 1. The Hall–Kier alpha value is -3.63. The smallest absolute Gasteiger partial charge is 0.0992 e. The lowest BCUT2D eigenvalue weighted by Gasteiger charge is -2.09. The molecule has 1 heteroatoms. The summed E-state index contributed by atoms with van der Waals surface area (Å²) >= 11 is 0. The van der Waals surface area contributed by atoms with Gasteiger partial charge in [0.15, 0.2) is 0 Å². The molecule has 0 unspecified atom stereocenters. The Balaban J connectivity index is 1.75. The summed E-state index contributed by atoms with van der Waals surface area (Å²) in [7, 11) is 0. The molecule has 0 aliphatic heterocycles. The van der Waals surface area contributed by atoms with Crippen molar-refractivity contribution in [2.75, 3.05) is 0 Å². The van der Waals surface area contributed by atoms with Crippen molar-refractivity contribution in [3.8, 4) is 39.4 Å². The van der Waals surface area contributed by atoms with Gasteiger partial charge in [-0.15, -0.1) is 0 Å². The second-order valence-corrected chi connectivity index (χ2v) is 6.22. The molecule has 4 aromatic rings. The summed E-state index contributed by atoms with van der Waals surface area (Å²) in [6.07, 6.45) is 0. The molecule has 1 nitrogen and oxygen atoms in total. The lowest BCUT2D eigenvalue weighted by molar-refractivity contribution is 1.48. The monoisotopic (exact) mass is 331 g/mol. The van der Waals surface area contributed by atoms with Crippen LogP contribution in [0.15, 0.2) is 103 Å². The molecule has 0 saturated heterocycles. The molecule has 26 heavy (non-hydrogen) atoms. The number of hydrogen-bond acceptors (Lipinski definition) is 1. The van der Waals surface area contributed by atoms with Crippen molar-refractivity contribution >= 4 is 0 Å². The predicted octanol–water partition coefficient (Wildman–Crippen LogP) is 6.56. The molecule has 4 aromatic carbocycles. The zero-order valence-electron chi connectivity index (χ0n) is 14.3. The quantitative estimate of drug-likeness (QED) is 0.417. The van der Waals surface area contributed by atoms with Gasteiger partial charge in [0.05, 0.1) is 11.6 Å². The zero-order chi connectivity index (χ0) is 17.8. The fourth-order valence-corrected chi connectivity index (χ4v) is 3.14. The molecule has 0 spiro atoms. The van der Waals surface area contributed by atoms with Gasteiger partial charge in [-0.1, -0.05) is 84.9 Å². The van der Waals surface area contributed by atoms with E-state index >= 15 is 0 Å². The molecule has 0 fully saturated rings. The van der Waals surface area contributed by atoms with Crippen molar-refractivity contribution < 1.29 is 0 Å². The summed E-state index contributed by atoms with van der Waals surface area (Å²) in [5.74, 6) is 0. The predicted molar refractivity (Wildman–Crippen MR) is 107 cm³/mol. The van der Waals surface area contributed by atoms with E-state index in [9.17, 15) is 5.26 Å².